The minimum atomic E-state index is -0.786. The van der Waals surface area contributed by atoms with Crippen molar-refractivity contribution < 1.29 is 14.3 Å². The van der Waals surface area contributed by atoms with Crippen LogP contribution in [0.25, 0.3) is 0 Å². The van der Waals surface area contributed by atoms with E-state index in [-0.39, 0.29) is 12.5 Å². The molecule has 0 bridgehead atoms. The minimum absolute atomic E-state index is 0.0368. The first-order valence-electron chi connectivity index (χ1n) is 7.10. The fourth-order valence-corrected chi connectivity index (χ4v) is 3.23. The first-order valence-corrected chi connectivity index (χ1v) is 7.92. The molecule has 114 valence electrons. The van der Waals surface area contributed by atoms with Crippen LogP contribution in [-0.4, -0.2) is 17.6 Å². The predicted octanol–water partition coefficient (Wildman–Crippen LogP) is 3.13. The van der Waals surface area contributed by atoms with Crippen molar-refractivity contribution >= 4 is 17.2 Å². The standard InChI is InChI=1S/C16H21NO3S/c1-11-9-13(12(2)21-11)5-3-7-16(19)17-10-14(18)15-6-4-8-20-15/h4,6,8-9,14,18H,3,5,7,10H2,1-2H3,(H,17,19). The van der Waals surface area contributed by atoms with Gasteiger partial charge in [0.05, 0.1) is 12.8 Å². The van der Waals surface area contributed by atoms with Gasteiger partial charge >= 0.3 is 0 Å². The van der Waals surface area contributed by atoms with Gasteiger partial charge in [-0.3, -0.25) is 4.79 Å². The van der Waals surface area contributed by atoms with Crippen molar-refractivity contribution in [3.8, 4) is 0 Å². The van der Waals surface area contributed by atoms with Gasteiger partial charge in [0.2, 0.25) is 5.91 Å². The number of aryl methyl sites for hydroxylation is 3. The molecule has 0 saturated carbocycles. The highest BCUT2D eigenvalue weighted by atomic mass is 32.1. The van der Waals surface area contributed by atoms with Crippen LogP contribution in [0.15, 0.2) is 28.9 Å². The van der Waals surface area contributed by atoms with E-state index in [1.807, 2.05) is 0 Å². The molecule has 1 unspecified atom stereocenters. The Hall–Kier alpha value is -1.59. The van der Waals surface area contributed by atoms with Crippen LogP contribution < -0.4 is 5.32 Å². The first-order chi connectivity index (χ1) is 10.1. The fraction of sp³-hybridized carbons (Fsp3) is 0.438. The number of hydrogen-bond donors (Lipinski definition) is 2. The Morgan fingerprint density at radius 3 is 2.90 bits per heavy atom. The monoisotopic (exact) mass is 307 g/mol. The highest BCUT2D eigenvalue weighted by molar-refractivity contribution is 7.12. The van der Waals surface area contributed by atoms with Crippen LogP contribution in [0, 0.1) is 13.8 Å². The molecule has 5 heteroatoms. The smallest absolute Gasteiger partial charge is 0.220 e. The lowest BCUT2D eigenvalue weighted by atomic mass is 10.1. The lowest BCUT2D eigenvalue weighted by Gasteiger charge is -2.09. The van der Waals surface area contributed by atoms with E-state index in [2.05, 4.69) is 25.2 Å². The Balaban J connectivity index is 1.67. The summed E-state index contributed by atoms with van der Waals surface area (Å²) in [7, 11) is 0. The molecule has 0 fully saturated rings. The number of carbonyl (C=O) groups is 1. The third kappa shape index (κ3) is 4.72. The number of furan rings is 1. The molecule has 0 aliphatic carbocycles. The summed E-state index contributed by atoms with van der Waals surface area (Å²) in [5.74, 6) is 0.435. The zero-order valence-electron chi connectivity index (χ0n) is 12.4. The molecule has 2 aromatic heterocycles. The number of carbonyl (C=O) groups excluding carboxylic acids is 1. The van der Waals surface area contributed by atoms with E-state index in [1.54, 1.807) is 23.5 Å². The van der Waals surface area contributed by atoms with Crippen molar-refractivity contribution in [3.05, 3.63) is 45.5 Å². The molecular formula is C16H21NO3S. The van der Waals surface area contributed by atoms with Gasteiger partial charge in [-0.2, -0.15) is 0 Å². The van der Waals surface area contributed by atoms with E-state index in [1.165, 1.54) is 21.6 Å². The van der Waals surface area contributed by atoms with E-state index in [9.17, 15) is 9.90 Å². The maximum atomic E-state index is 11.7. The molecule has 4 nitrogen and oxygen atoms in total. The molecule has 0 radical (unpaired) electrons. The van der Waals surface area contributed by atoms with Gasteiger partial charge in [-0.1, -0.05) is 0 Å². The van der Waals surface area contributed by atoms with Crippen LogP contribution >= 0.6 is 11.3 Å². The summed E-state index contributed by atoms with van der Waals surface area (Å²) < 4.78 is 5.08. The van der Waals surface area contributed by atoms with Crippen molar-refractivity contribution in [2.24, 2.45) is 0 Å². The molecule has 2 heterocycles. The Labute approximate surface area is 128 Å². The minimum Gasteiger partial charge on any atom is -0.467 e. The van der Waals surface area contributed by atoms with Gasteiger partial charge in [-0.05, 0) is 50.5 Å². The predicted molar refractivity (Wildman–Crippen MR) is 83.4 cm³/mol. The van der Waals surface area contributed by atoms with Gasteiger partial charge in [-0.15, -0.1) is 11.3 Å². The van der Waals surface area contributed by atoms with Crippen molar-refractivity contribution in [3.63, 3.8) is 0 Å². The lowest BCUT2D eigenvalue weighted by Crippen LogP contribution is -2.28. The summed E-state index contributed by atoms with van der Waals surface area (Å²) in [6.45, 7) is 4.40. The molecule has 0 saturated heterocycles. The fourth-order valence-electron chi connectivity index (χ4n) is 2.25. The second kappa shape index (κ2) is 7.43. The van der Waals surface area contributed by atoms with Crippen molar-refractivity contribution in [2.45, 2.75) is 39.2 Å². The zero-order chi connectivity index (χ0) is 15.2. The van der Waals surface area contributed by atoms with Gasteiger partial charge in [0.15, 0.2) is 0 Å². The number of amides is 1. The molecule has 1 amide bonds. The normalized spacial score (nSPS) is 12.3. The Morgan fingerprint density at radius 1 is 1.48 bits per heavy atom. The number of aliphatic hydroxyl groups is 1. The summed E-state index contributed by atoms with van der Waals surface area (Å²) in [6, 6.07) is 5.60. The highest BCUT2D eigenvalue weighted by Crippen LogP contribution is 2.22. The molecule has 2 N–H and O–H groups in total. The molecule has 2 rings (SSSR count). The maximum absolute atomic E-state index is 11.7. The molecule has 0 aliphatic heterocycles. The molecule has 1 atom stereocenters. The van der Waals surface area contributed by atoms with Gasteiger partial charge in [-0.25, -0.2) is 0 Å². The van der Waals surface area contributed by atoms with Crippen LogP contribution in [-0.2, 0) is 11.2 Å². The SMILES string of the molecule is Cc1cc(CCCC(=O)NCC(O)c2ccco2)c(C)s1. The summed E-state index contributed by atoms with van der Waals surface area (Å²) in [5.41, 5.74) is 1.33. The van der Waals surface area contributed by atoms with E-state index >= 15 is 0 Å². The van der Waals surface area contributed by atoms with Crippen LogP contribution in [0.1, 0.15) is 40.0 Å². The molecule has 0 aliphatic rings. The number of hydrogen-bond acceptors (Lipinski definition) is 4. The first kappa shape index (κ1) is 15.8. The molecule has 0 spiro atoms. The molecule has 2 aromatic rings. The number of rotatable bonds is 7. The highest BCUT2D eigenvalue weighted by Gasteiger charge is 2.12. The van der Waals surface area contributed by atoms with E-state index in [4.69, 9.17) is 4.42 Å². The summed E-state index contributed by atoms with van der Waals surface area (Å²) in [6.07, 6.45) is 2.93. The Kier molecular flexibility index (Phi) is 5.59. The third-order valence-corrected chi connectivity index (χ3v) is 4.37. The summed E-state index contributed by atoms with van der Waals surface area (Å²) in [4.78, 5) is 14.4. The average molecular weight is 307 g/mol. The lowest BCUT2D eigenvalue weighted by molar-refractivity contribution is -0.121. The third-order valence-electron chi connectivity index (χ3n) is 3.36. The van der Waals surface area contributed by atoms with E-state index in [0.717, 1.165) is 12.8 Å². The second-order valence-corrected chi connectivity index (χ2v) is 6.59. The van der Waals surface area contributed by atoms with Gasteiger partial charge in [0, 0.05) is 16.2 Å². The summed E-state index contributed by atoms with van der Waals surface area (Å²) >= 11 is 1.80. The maximum Gasteiger partial charge on any atom is 0.220 e. The van der Waals surface area contributed by atoms with Crippen molar-refractivity contribution in [2.75, 3.05) is 6.54 Å². The quantitative estimate of drug-likeness (QED) is 0.826. The van der Waals surface area contributed by atoms with Crippen LogP contribution in [0.3, 0.4) is 0 Å². The Morgan fingerprint density at radius 2 is 2.29 bits per heavy atom. The van der Waals surface area contributed by atoms with E-state index in [0.29, 0.717) is 12.2 Å². The van der Waals surface area contributed by atoms with Crippen LogP contribution in [0.2, 0.25) is 0 Å². The number of nitrogens with one attached hydrogen (secondary N) is 1. The number of thiophene rings is 1. The van der Waals surface area contributed by atoms with Crippen molar-refractivity contribution in [1.82, 2.24) is 5.32 Å². The Bertz CT molecular complexity index is 574. The second-order valence-electron chi connectivity index (χ2n) is 5.13. The largest absolute Gasteiger partial charge is 0.467 e. The van der Waals surface area contributed by atoms with E-state index < -0.39 is 6.10 Å². The van der Waals surface area contributed by atoms with Crippen LogP contribution in [0.4, 0.5) is 0 Å². The molecular weight excluding hydrogens is 286 g/mol. The number of aliphatic hydroxyl groups excluding tert-OH is 1. The van der Waals surface area contributed by atoms with Gasteiger partial charge in [0.1, 0.15) is 11.9 Å². The topological polar surface area (TPSA) is 62.5 Å². The zero-order valence-corrected chi connectivity index (χ0v) is 13.2. The molecule has 0 aromatic carbocycles. The van der Waals surface area contributed by atoms with Crippen molar-refractivity contribution in [1.29, 1.82) is 0 Å². The molecule has 21 heavy (non-hydrogen) atoms. The van der Waals surface area contributed by atoms with Crippen LogP contribution in [0.5, 0.6) is 0 Å². The van der Waals surface area contributed by atoms with Gasteiger partial charge < -0.3 is 14.8 Å². The van der Waals surface area contributed by atoms with Gasteiger partial charge in [0.25, 0.3) is 0 Å². The average Bonchev–Trinajstić information content (AvgIpc) is 3.06. The summed E-state index contributed by atoms with van der Waals surface area (Å²) in [5, 5.41) is 12.5.